The number of benzene rings is 1. The standard InChI is InChI=1S/C18H21N5O5S/c1-27-12-3-4-14(28-2)13(8-12)23-6-5-22(18(23)26)9-16(25)21-17-20-11(10-29-17)7-15(19)24/h3-4,8,10H,5-7,9H2,1-2H3,(H2,19,24)(H,20,21,25). The number of urea groups is 1. The van der Waals surface area contributed by atoms with Crippen molar-refractivity contribution in [3.05, 3.63) is 29.3 Å². The number of carbonyl (C=O) groups is 3. The van der Waals surface area contributed by atoms with Crippen molar-refractivity contribution in [2.45, 2.75) is 6.42 Å². The van der Waals surface area contributed by atoms with E-state index in [9.17, 15) is 14.4 Å². The number of nitrogens with two attached hydrogens (primary N) is 1. The number of aromatic nitrogens is 1. The molecule has 0 bridgehead atoms. The van der Waals surface area contributed by atoms with Crippen LogP contribution in [0, 0.1) is 0 Å². The maximum atomic E-state index is 12.8. The molecular formula is C18H21N5O5S. The van der Waals surface area contributed by atoms with Crippen LogP contribution >= 0.6 is 11.3 Å². The van der Waals surface area contributed by atoms with Gasteiger partial charge in [0.05, 0.1) is 32.0 Å². The van der Waals surface area contributed by atoms with Crippen molar-refractivity contribution >= 4 is 40.0 Å². The van der Waals surface area contributed by atoms with E-state index in [1.54, 1.807) is 35.6 Å². The Hall–Kier alpha value is -3.34. The molecule has 0 atom stereocenters. The van der Waals surface area contributed by atoms with Crippen LogP contribution < -0.4 is 25.4 Å². The summed E-state index contributed by atoms with van der Waals surface area (Å²) in [6.07, 6.45) is 0.00825. The van der Waals surface area contributed by atoms with Gasteiger partial charge in [-0.15, -0.1) is 11.3 Å². The quantitative estimate of drug-likeness (QED) is 0.659. The SMILES string of the molecule is COc1ccc(OC)c(N2CCN(CC(=O)Nc3nc(CC(N)=O)cs3)C2=O)c1. The van der Waals surface area contributed by atoms with Crippen molar-refractivity contribution in [1.29, 1.82) is 0 Å². The molecule has 0 unspecified atom stereocenters. The normalized spacial score (nSPS) is 13.5. The van der Waals surface area contributed by atoms with Gasteiger partial charge < -0.3 is 25.4 Å². The molecule has 0 aliphatic carbocycles. The van der Waals surface area contributed by atoms with Crippen LogP contribution in [0.4, 0.5) is 15.6 Å². The van der Waals surface area contributed by atoms with Crippen LogP contribution in [0.3, 0.4) is 0 Å². The largest absolute Gasteiger partial charge is 0.497 e. The molecular weight excluding hydrogens is 398 g/mol. The molecule has 1 aliphatic rings. The number of anilines is 2. The number of amides is 4. The average Bonchev–Trinajstić information content (AvgIpc) is 3.27. The first-order valence-corrected chi connectivity index (χ1v) is 9.60. The predicted molar refractivity (Wildman–Crippen MR) is 108 cm³/mol. The molecule has 2 heterocycles. The van der Waals surface area contributed by atoms with Gasteiger partial charge >= 0.3 is 6.03 Å². The molecule has 1 aliphatic heterocycles. The van der Waals surface area contributed by atoms with E-state index in [2.05, 4.69) is 10.3 Å². The molecule has 1 fully saturated rings. The van der Waals surface area contributed by atoms with Gasteiger partial charge in [-0.2, -0.15) is 0 Å². The van der Waals surface area contributed by atoms with Crippen molar-refractivity contribution in [2.75, 3.05) is 44.1 Å². The lowest BCUT2D eigenvalue weighted by Gasteiger charge is -2.20. The molecule has 1 aromatic carbocycles. The van der Waals surface area contributed by atoms with E-state index in [4.69, 9.17) is 15.2 Å². The fourth-order valence-corrected chi connectivity index (χ4v) is 3.64. The number of primary amides is 1. The highest BCUT2D eigenvalue weighted by atomic mass is 32.1. The van der Waals surface area contributed by atoms with E-state index in [0.29, 0.717) is 41.1 Å². The molecule has 154 valence electrons. The minimum atomic E-state index is -0.496. The molecule has 1 saturated heterocycles. The van der Waals surface area contributed by atoms with Crippen LogP contribution in [0.1, 0.15) is 5.69 Å². The Morgan fingerprint density at radius 1 is 1.28 bits per heavy atom. The fourth-order valence-electron chi connectivity index (χ4n) is 2.92. The first-order chi connectivity index (χ1) is 13.9. The van der Waals surface area contributed by atoms with E-state index in [-0.39, 0.29) is 24.9 Å². The zero-order valence-electron chi connectivity index (χ0n) is 16.0. The monoisotopic (exact) mass is 419 g/mol. The molecule has 0 radical (unpaired) electrons. The lowest BCUT2D eigenvalue weighted by Crippen LogP contribution is -2.37. The zero-order chi connectivity index (χ0) is 21.0. The fraction of sp³-hybridized carbons (Fsp3) is 0.333. The number of ether oxygens (including phenoxy) is 2. The first-order valence-electron chi connectivity index (χ1n) is 8.72. The van der Waals surface area contributed by atoms with E-state index >= 15 is 0 Å². The van der Waals surface area contributed by atoms with Crippen molar-refractivity contribution in [1.82, 2.24) is 9.88 Å². The molecule has 11 heteroatoms. The van der Waals surface area contributed by atoms with Gasteiger partial charge in [-0.25, -0.2) is 9.78 Å². The van der Waals surface area contributed by atoms with Gasteiger partial charge in [0.25, 0.3) is 0 Å². The molecule has 1 aromatic heterocycles. The van der Waals surface area contributed by atoms with Gasteiger partial charge in [0, 0.05) is 24.5 Å². The Bertz CT molecular complexity index is 931. The van der Waals surface area contributed by atoms with E-state index in [1.807, 2.05) is 0 Å². The number of rotatable bonds is 8. The highest BCUT2D eigenvalue weighted by Crippen LogP contribution is 2.34. The summed E-state index contributed by atoms with van der Waals surface area (Å²) >= 11 is 1.19. The third kappa shape index (κ3) is 4.74. The van der Waals surface area contributed by atoms with Crippen LogP contribution in [0.15, 0.2) is 23.6 Å². The minimum absolute atomic E-state index is 0.00825. The summed E-state index contributed by atoms with van der Waals surface area (Å²) in [5.41, 5.74) is 6.20. The summed E-state index contributed by atoms with van der Waals surface area (Å²) in [5, 5.41) is 4.64. The number of nitrogens with zero attached hydrogens (tertiary/aromatic N) is 3. The molecule has 4 amide bonds. The molecule has 29 heavy (non-hydrogen) atoms. The van der Waals surface area contributed by atoms with Crippen molar-refractivity contribution in [3.8, 4) is 11.5 Å². The third-order valence-electron chi connectivity index (χ3n) is 4.26. The summed E-state index contributed by atoms with van der Waals surface area (Å²) in [5.74, 6) is 0.261. The molecule has 0 saturated carbocycles. The second-order valence-corrected chi connectivity index (χ2v) is 7.09. The number of methoxy groups -OCH3 is 2. The number of hydrogen-bond acceptors (Lipinski definition) is 7. The summed E-state index contributed by atoms with van der Waals surface area (Å²) in [7, 11) is 3.07. The van der Waals surface area contributed by atoms with Gasteiger partial charge in [-0.3, -0.25) is 14.5 Å². The molecule has 3 rings (SSSR count). The van der Waals surface area contributed by atoms with Crippen LogP contribution in [-0.4, -0.2) is 61.6 Å². The summed E-state index contributed by atoms with van der Waals surface area (Å²) in [4.78, 5) is 43.2. The van der Waals surface area contributed by atoms with Crippen molar-refractivity contribution < 1.29 is 23.9 Å². The smallest absolute Gasteiger partial charge is 0.325 e. The van der Waals surface area contributed by atoms with E-state index in [1.165, 1.54) is 23.3 Å². The van der Waals surface area contributed by atoms with Gasteiger partial charge in [-0.05, 0) is 12.1 Å². The summed E-state index contributed by atoms with van der Waals surface area (Å²) in [6.45, 7) is 0.680. The zero-order valence-corrected chi connectivity index (χ0v) is 16.8. The summed E-state index contributed by atoms with van der Waals surface area (Å²) < 4.78 is 10.6. The third-order valence-corrected chi connectivity index (χ3v) is 5.07. The Kier molecular flexibility index (Phi) is 6.17. The number of thiazole rings is 1. The lowest BCUT2D eigenvalue weighted by atomic mass is 10.2. The van der Waals surface area contributed by atoms with Gasteiger partial charge in [0.15, 0.2) is 5.13 Å². The molecule has 3 N–H and O–H groups in total. The topological polar surface area (TPSA) is 127 Å². The number of hydrogen-bond donors (Lipinski definition) is 2. The van der Waals surface area contributed by atoms with Crippen molar-refractivity contribution in [3.63, 3.8) is 0 Å². The number of carbonyl (C=O) groups excluding carboxylic acids is 3. The molecule has 10 nitrogen and oxygen atoms in total. The Morgan fingerprint density at radius 2 is 2.07 bits per heavy atom. The van der Waals surface area contributed by atoms with Crippen LogP contribution in [0.2, 0.25) is 0 Å². The maximum absolute atomic E-state index is 12.8. The van der Waals surface area contributed by atoms with E-state index in [0.717, 1.165) is 0 Å². The van der Waals surface area contributed by atoms with Crippen LogP contribution in [0.25, 0.3) is 0 Å². The van der Waals surface area contributed by atoms with Gasteiger partial charge in [0.2, 0.25) is 11.8 Å². The maximum Gasteiger partial charge on any atom is 0.325 e. The highest BCUT2D eigenvalue weighted by molar-refractivity contribution is 7.13. The van der Waals surface area contributed by atoms with E-state index < -0.39 is 5.91 Å². The Labute approximate surface area is 171 Å². The molecule has 2 aromatic rings. The molecule has 0 spiro atoms. The minimum Gasteiger partial charge on any atom is -0.497 e. The van der Waals surface area contributed by atoms with Gasteiger partial charge in [0.1, 0.15) is 18.0 Å². The van der Waals surface area contributed by atoms with Crippen LogP contribution in [-0.2, 0) is 16.0 Å². The predicted octanol–water partition coefficient (Wildman–Crippen LogP) is 1.07. The number of nitrogens with one attached hydrogen (secondary N) is 1. The second-order valence-electron chi connectivity index (χ2n) is 6.23. The first kappa shape index (κ1) is 20.4. The average molecular weight is 419 g/mol. The highest BCUT2D eigenvalue weighted by Gasteiger charge is 2.32. The Balaban J connectivity index is 1.63. The van der Waals surface area contributed by atoms with Crippen molar-refractivity contribution in [2.24, 2.45) is 5.73 Å². The van der Waals surface area contributed by atoms with Crippen LogP contribution in [0.5, 0.6) is 11.5 Å². The summed E-state index contributed by atoms with van der Waals surface area (Å²) in [6, 6.07) is 4.88. The second kappa shape index (κ2) is 8.78. The van der Waals surface area contributed by atoms with Gasteiger partial charge in [-0.1, -0.05) is 0 Å². The Morgan fingerprint density at radius 3 is 2.76 bits per heavy atom. The lowest BCUT2D eigenvalue weighted by molar-refractivity contribution is -0.117.